The molecule has 0 amide bonds. The molecule has 1 saturated heterocycles. The number of fused-ring (bicyclic) bond motifs is 1. The lowest BCUT2D eigenvalue weighted by atomic mass is 9.66. The van der Waals surface area contributed by atoms with Gasteiger partial charge in [0.2, 0.25) is 0 Å². The number of carbonyl (C=O) groups is 1. The molecule has 0 saturated carbocycles. The Morgan fingerprint density at radius 1 is 1.19 bits per heavy atom. The van der Waals surface area contributed by atoms with Gasteiger partial charge in [0.1, 0.15) is 0 Å². The van der Waals surface area contributed by atoms with Crippen LogP contribution in [0.2, 0.25) is 0 Å². The van der Waals surface area contributed by atoms with Gasteiger partial charge in [0.15, 0.2) is 0 Å². The highest BCUT2D eigenvalue weighted by molar-refractivity contribution is 6.48. The zero-order valence-electron chi connectivity index (χ0n) is 16.1. The van der Waals surface area contributed by atoms with Crippen molar-refractivity contribution in [3.63, 3.8) is 0 Å². The fourth-order valence-corrected chi connectivity index (χ4v) is 3.11. The van der Waals surface area contributed by atoms with Crippen molar-refractivity contribution >= 4 is 24.0 Å². The Morgan fingerprint density at radius 2 is 1.85 bits per heavy atom. The van der Waals surface area contributed by atoms with Crippen LogP contribution in [0.25, 0.3) is 10.9 Å². The van der Waals surface area contributed by atoms with Gasteiger partial charge in [0, 0.05) is 17.4 Å². The zero-order valence-corrected chi connectivity index (χ0v) is 16.1. The largest absolute Gasteiger partial charge is 0.466 e. The molecule has 2 aromatic rings. The molecule has 3 rings (SSSR count). The van der Waals surface area contributed by atoms with Crippen molar-refractivity contribution in [2.45, 2.75) is 58.1 Å². The monoisotopic (exact) mass is 355 g/mol. The number of pyridine rings is 1. The van der Waals surface area contributed by atoms with Crippen molar-refractivity contribution < 1.29 is 18.8 Å². The van der Waals surface area contributed by atoms with Gasteiger partial charge in [-0.2, -0.15) is 0 Å². The maximum Gasteiger partial charge on any atom is 0.466 e. The second-order valence-corrected chi connectivity index (χ2v) is 7.70. The first kappa shape index (κ1) is 18.9. The molecular formula is C20H26BNO4. The van der Waals surface area contributed by atoms with E-state index in [-0.39, 0.29) is 18.2 Å². The van der Waals surface area contributed by atoms with E-state index in [2.05, 4.69) is 11.1 Å². The Balaban J connectivity index is 1.96. The summed E-state index contributed by atoms with van der Waals surface area (Å²) >= 11 is 0. The summed E-state index contributed by atoms with van der Waals surface area (Å²) in [4.78, 5) is 16.8. The molecule has 1 fully saturated rings. The normalized spacial score (nSPS) is 19.5. The van der Waals surface area contributed by atoms with Gasteiger partial charge in [0.25, 0.3) is 0 Å². The third kappa shape index (κ3) is 3.62. The fourth-order valence-electron chi connectivity index (χ4n) is 3.11. The average Bonchev–Trinajstić information content (AvgIpc) is 2.80. The molecule has 138 valence electrons. The SMILES string of the molecule is CCOC(=O)CC(B1OC(C)(C)C(C)(C)O1)c1cnc2ccccc2c1. The number of hydrogen-bond donors (Lipinski definition) is 0. The molecule has 1 aliphatic rings. The Labute approximate surface area is 155 Å². The summed E-state index contributed by atoms with van der Waals surface area (Å²) in [6, 6.07) is 9.96. The maximum absolute atomic E-state index is 12.2. The van der Waals surface area contributed by atoms with E-state index >= 15 is 0 Å². The van der Waals surface area contributed by atoms with Gasteiger partial charge in [-0.1, -0.05) is 18.2 Å². The number of para-hydroxylation sites is 1. The van der Waals surface area contributed by atoms with E-state index in [1.54, 1.807) is 13.1 Å². The van der Waals surface area contributed by atoms with Crippen LogP contribution in [0.4, 0.5) is 0 Å². The lowest BCUT2D eigenvalue weighted by molar-refractivity contribution is -0.143. The molecule has 1 aromatic carbocycles. The number of carbonyl (C=O) groups excluding carboxylic acids is 1. The minimum atomic E-state index is -0.535. The van der Waals surface area contributed by atoms with E-state index < -0.39 is 18.3 Å². The number of rotatable bonds is 5. The van der Waals surface area contributed by atoms with Gasteiger partial charge >= 0.3 is 13.1 Å². The number of hydrogen-bond acceptors (Lipinski definition) is 5. The first-order chi connectivity index (χ1) is 12.2. The number of aromatic nitrogens is 1. The molecule has 0 aliphatic carbocycles. The highest BCUT2D eigenvalue weighted by Gasteiger charge is 2.54. The first-order valence-corrected chi connectivity index (χ1v) is 9.09. The van der Waals surface area contributed by atoms with E-state index in [0.29, 0.717) is 6.61 Å². The minimum absolute atomic E-state index is 0.185. The van der Waals surface area contributed by atoms with Crippen molar-refractivity contribution in [2.24, 2.45) is 0 Å². The second kappa shape index (κ2) is 7.01. The Bertz CT molecular complexity index is 789. The van der Waals surface area contributed by atoms with Crippen molar-refractivity contribution in [1.29, 1.82) is 0 Å². The van der Waals surface area contributed by atoms with Crippen LogP contribution in [0, 0.1) is 0 Å². The van der Waals surface area contributed by atoms with Crippen LogP contribution < -0.4 is 0 Å². The third-order valence-electron chi connectivity index (χ3n) is 5.33. The molecule has 5 nitrogen and oxygen atoms in total. The van der Waals surface area contributed by atoms with E-state index in [0.717, 1.165) is 16.5 Å². The maximum atomic E-state index is 12.2. The molecule has 2 heterocycles. The van der Waals surface area contributed by atoms with Crippen LogP contribution >= 0.6 is 0 Å². The topological polar surface area (TPSA) is 57.7 Å². The molecule has 1 aromatic heterocycles. The molecule has 1 unspecified atom stereocenters. The number of esters is 1. The van der Waals surface area contributed by atoms with Crippen LogP contribution in [-0.2, 0) is 18.8 Å². The molecule has 0 bridgehead atoms. The van der Waals surface area contributed by atoms with Gasteiger partial charge in [-0.05, 0) is 52.3 Å². The van der Waals surface area contributed by atoms with E-state index in [4.69, 9.17) is 14.0 Å². The molecule has 26 heavy (non-hydrogen) atoms. The van der Waals surface area contributed by atoms with Gasteiger partial charge in [-0.25, -0.2) is 0 Å². The quantitative estimate of drug-likeness (QED) is 0.601. The molecule has 1 aliphatic heterocycles. The lowest BCUT2D eigenvalue weighted by Crippen LogP contribution is -2.41. The summed E-state index contributed by atoms with van der Waals surface area (Å²) in [5.74, 6) is -0.549. The minimum Gasteiger partial charge on any atom is -0.466 e. The van der Waals surface area contributed by atoms with Crippen LogP contribution in [0.15, 0.2) is 36.5 Å². The molecule has 1 atom stereocenters. The summed E-state index contributed by atoms with van der Waals surface area (Å²) in [5, 5.41) is 1.02. The predicted octanol–water partition coefficient (Wildman–Crippen LogP) is 3.90. The Kier molecular flexibility index (Phi) is 5.08. The van der Waals surface area contributed by atoms with Crippen LogP contribution in [0.5, 0.6) is 0 Å². The first-order valence-electron chi connectivity index (χ1n) is 9.09. The smallest absolute Gasteiger partial charge is 0.466 e. The van der Waals surface area contributed by atoms with Crippen molar-refractivity contribution in [2.75, 3.05) is 6.61 Å². The van der Waals surface area contributed by atoms with Crippen molar-refractivity contribution in [3.8, 4) is 0 Å². The van der Waals surface area contributed by atoms with Gasteiger partial charge < -0.3 is 14.0 Å². The van der Waals surface area contributed by atoms with Gasteiger partial charge in [0.05, 0.1) is 29.7 Å². The summed E-state index contributed by atoms with van der Waals surface area (Å²) in [5.41, 5.74) is 0.902. The van der Waals surface area contributed by atoms with E-state index in [9.17, 15) is 4.79 Å². The van der Waals surface area contributed by atoms with Gasteiger partial charge in [-0.3, -0.25) is 9.78 Å². The van der Waals surface area contributed by atoms with Gasteiger partial charge in [-0.15, -0.1) is 0 Å². The molecular weight excluding hydrogens is 329 g/mol. The predicted molar refractivity (Wildman–Crippen MR) is 102 cm³/mol. The Hall–Kier alpha value is -1.92. The third-order valence-corrected chi connectivity index (χ3v) is 5.33. The van der Waals surface area contributed by atoms with Crippen molar-refractivity contribution in [3.05, 3.63) is 42.1 Å². The van der Waals surface area contributed by atoms with E-state index in [1.807, 2.05) is 52.0 Å². The van der Waals surface area contributed by atoms with Crippen molar-refractivity contribution in [1.82, 2.24) is 4.98 Å². The van der Waals surface area contributed by atoms with Crippen LogP contribution in [-0.4, -0.2) is 35.9 Å². The summed E-state index contributed by atoms with van der Waals surface area (Å²) in [6.07, 6.45) is 1.99. The van der Waals surface area contributed by atoms with Crippen LogP contribution in [0.1, 0.15) is 52.4 Å². The summed E-state index contributed by atoms with van der Waals surface area (Å²) in [6.45, 7) is 10.2. The summed E-state index contributed by atoms with van der Waals surface area (Å²) in [7, 11) is -0.535. The van der Waals surface area contributed by atoms with Crippen LogP contribution in [0.3, 0.4) is 0 Å². The standard InChI is InChI=1S/C20H26BNO4/c1-6-24-18(23)12-16(21-25-19(2,3)20(4,5)26-21)15-11-14-9-7-8-10-17(14)22-13-15/h7-11,13,16H,6,12H2,1-5H3. The van der Waals surface area contributed by atoms with E-state index in [1.165, 1.54) is 0 Å². The molecule has 0 radical (unpaired) electrons. The fraction of sp³-hybridized carbons (Fsp3) is 0.500. The number of ether oxygens (including phenoxy) is 1. The number of benzene rings is 1. The molecule has 6 heteroatoms. The average molecular weight is 355 g/mol. The lowest BCUT2D eigenvalue weighted by Gasteiger charge is -2.32. The Morgan fingerprint density at radius 3 is 2.50 bits per heavy atom. The zero-order chi connectivity index (χ0) is 18.9. The molecule has 0 N–H and O–H groups in total. The highest BCUT2D eigenvalue weighted by Crippen LogP contribution is 2.42. The second-order valence-electron chi connectivity index (χ2n) is 7.70. The number of nitrogens with zero attached hydrogens (tertiary/aromatic N) is 1. The highest BCUT2D eigenvalue weighted by atomic mass is 16.7. The molecule has 0 spiro atoms. The summed E-state index contributed by atoms with van der Waals surface area (Å²) < 4.78 is 17.6.